The number of halogens is 3. The van der Waals surface area contributed by atoms with Crippen molar-refractivity contribution in [1.29, 1.82) is 0 Å². The van der Waals surface area contributed by atoms with Gasteiger partial charge in [-0.1, -0.05) is 12.1 Å². The van der Waals surface area contributed by atoms with Gasteiger partial charge in [0, 0.05) is 22.6 Å². The molecule has 1 aromatic heterocycles. The van der Waals surface area contributed by atoms with Crippen molar-refractivity contribution in [1.82, 2.24) is 4.98 Å². The van der Waals surface area contributed by atoms with Gasteiger partial charge < -0.3 is 4.74 Å². The fourth-order valence-electron chi connectivity index (χ4n) is 2.49. The third-order valence-corrected chi connectivity index (χ3v) is 4.64. The van der Waals surface area contributed by atoms with E-state index in [0.717, 1.165) is 23.5 Å². The molecule has 0 radical (unpaired) electrons. The second-order valence-corrected chi connectivity index (χ2v) is 6.58. The molecule has 11 heteroatoms. The van der Waals surface area contributed by atoms with Crippen molar-refractivity contribution in [3.05, 3.63) is 68.8 Å². The van der Waals surface area contributed by atoms with Crippen LogP contribution in [0.1, 0.15) is 15.9 Å². The van der Waals surface area contributed by atoms with Crippen molar-refractivity contribution in [2.24, 2.45) is 0 Å². The normalized spacial score (nSPS) is 10.8. The summed E-state index contributed by atoms with van der Waals surface area (Å²) < 4.78 is 43.5. The van der Waals surface area contributed by atoms with E-state index in [9.17, 15) is 28.1 Å². The molecule has 2 aromatic carbocycles. The molecule has 0 saturated carbocycles. The third kappa shape index (κ3) is 4.51. The number of rotatable bonds is 6. The average Bonchev–Trinajstić information content (AvgIpc) is 3.11. The van der Waals surface area contributed by atoms with E-state index in [1.54, 1.807) is 6.07 Å². The minimum atomic E-state index is -3.01. The van der Waals surface area contributed by atoms with E-state index in [1.165, 1.54) is 30.5 Å². The number of nitro groups is 1. The Bertz CT molecular complexity index is 1090. The lowest BCUT2D eigenvalue weighted by Crippen LogP contribution is -2.13. The van der Waals surface area contributed by atoms with Crippen molar-refractivity contribution in [2.75, 3.05) is 5.32 Å². The van der Waals surface area contributed by atoms with Gasteiger partial charge >= 0.3 is 6.61 Å². The van der Waals surface area contributed by atoms with Gasteiger partial charge in [0.25, 0.3) is 11.6 Å². The minimum absolute atomic E-state index is 0.0816. The van der Waals surface area contributed by atoms with Gasteiger partial charge in [-0.2, -0.15) is 8.78 Å². The van der Waals surface area contributed by atoms with Crippen LogP contribution in [0.2, 0.25) is 0 Å². The van der Waals surface area contributed by atoms with Gasteiger partial charge in [-0.3, -0.25) is 20.2 Å². The van der Waals surface area contributed by atoms with Crippen LogP contribution in [0.25, 0.3) is 11.3 Å². The maximum absolute atomic E-state index is 13.9. The maximum atomic E-state index is 13.9. The van der Waals surface area contributed by atoms with Gasteiger partial charge in [0.15, 0.2) is 5.13 Å². The van der Waals surface area contributed by atoms with Gasteiger partial charge in [0.1, 0.15) is 11.6 Å². The molecule has 7 nitrogen and oxygen atoms in total. The van der Waals surface area contributed by atoms with Crippen LogP contribution in [-0.2, 0) is 0 Å². The minimum Gasteiger partial charge on any atom is -0.434 e. The zero-order chi connectivity index (χ0) is 21.1. The van der Waals surface area contributed by atoms with Crippen molar-refractivity contribution in [3.63, 3.8) is 0 Å². The summed E-state index contributed by atoms with van der Waals surface area (Å²) in [7, 11) is 0. The molecule has 0 aliphatic carbocycles. The van der Waals surface area contributed by atoms with Crippen molar-refractivity contribution >= 4 is 28.1 Å². The number of hydrogen-bond donors (Lipinski definition) is 1. The van der Waals surface area contributed by atoms with Crippen LogP contribution in [0.4, 0.5) is 24.0 Å². The van der Waals surface area contributed by atoms with Crippen LogP contribution in [0.3, 0.4) is 0 Å². The molecule has 0 saturated heterocycles. The molecule has 0 spiro atoms. The van der Waals surface area contributed by atoms with Crippen LogP contribution in [0, 0.1) is 22.9 Å². The summed E-state index contributed by atoms with van der Waals surface area (Å²) >= 11 is 0.999. The molecule has 1 N–H and O–H groups in total. The summed E-state index contributed by atoms with van der Waals surface area (Å²) in [5.74, 6) is -1.77. The van der Waals surface area contributed by atoms with E-state index in [4.69, 9.17) is 0 Å². The number of amides is 1. The van der Waals surface area contributed by atoms with Gasteiger partial charge in [-0.05, 0) is 25.1 Å². The molecule has 3 rings (SSSR count). The van der Waals surface area contributed by atoms with Gasteiger partial charge in [-0.15, -0.1) is 11.3 Å². The third-order valence-electron chi connectivity index (χ3n) is 3.88. The van der Waals surface area contributed by atoms with E-state index >= 15 is 0 Å². The molecule has 150 valence electrons. The Morgan fingerprint density at radius 3 is 2.72 bits per heavy atom. The Balaban J connectivity index is 1.85. The number of nitrogens with zero attached hydrogens (tertiary/aromatic N) is 2. The van der Waals surface area contributed by atoms with E-state index in [0.29, 0.717) is 5.56 Å². The molecule has 0 fully saturated rings. The second-order valence-electron chi connectivity index (χ2n) is 5.73. The number of ether oxygens (including phenoxy) is 1. The maximum Gasteiger partial charge on any atom is 0.387 e. The molecular formula is C18H12F3N3O4S. The first kappa shape index (κ1) is 20.3. The lowest BCUT2D eigenvalue weighted by molar-refractivity contribution is -0.385. The van der Waals surface area contributed by atoms with Gasteiger partial charge in [0.2, 0.25) is 0 Å². The van der Waals surface area contributed by atoms with Gasteiger partial charge in [-0.25, -0.2) is 9.37 Å². The summed E-state index contributed by atoms with van der Waals surface area (Å²) in [5, 5.41) is 15.0. The first-order valence-corrected chi connectivity index (χ1v) is 8.90. The molecule has 0 unspecified atom stereocenters. The zero-order valence-corrected chi connectivity index (χ0v) is 15.5. The molecule has 1 heterocycles. The topological polar surface area (TPSA) is 94.4 Å². The molecule has 29 heavy (non-hydrogen) atoms. The highest BCUT2D eigenvalue weighted by atomic mass is 32.1. The highest BCUT2D eigenvalue weighted by molar-refractivity contribution is 7.14. The number of alkyl halides is 2. The molecular weight excluding hydrogens is 411 g/mol. The first-order valence-electron chi connectivity index (χ1n) is 8.02. The quantitative estimate of drug-likeness (QED) is 0.444. The number of carbonyl (C=O) groups excluding carboxylic acids is 1. The molecule has 0 aliphatic rings. The summed E-state index contributed by atoms with van der Waals surface area (Å²) in [6.07, 6.45) is 0. The Labute approximate surface area is 165 Å². The monoisotopic (exact) mass is 423 g/mol. The Kier molecular flexibility index (Phi) is 5.78. The van der Waals surface area contributed by atoms with Crippen molar-refractivity contribution in [2.45, 2.75) is 13.5 Å². The summed E-state index contributed by atoms with van der Waals surface area (Å²) in [5.41, 5.74) is -0.381. The average molecular weight is 423 g/mol. The van der Waals surface area contributed by atoms with E-state index in [2.05, 4.69) is 15.0 Å². The molecule has 0 bridgehead atoms. The lowest BCUT2D eigenvalue weighted by atomic mass is 10.1. The molecule has 0 aliphatic heterocycles. The number of anilines is 1. The number of thiazole rings is 1. The number of para-hydroxylation sites is 1. The Morgan fingerprint density at radius 1 is 1.31 bits per heavy atom. The van der Waals surface area contributed by atoms with E-state index in [-0.39, 0.29) is 27.7 Å². The van der Waals surface area contributed by atoms with Crippen LogP contribution >= 0.6 is 11.3 Å². The lowest BCUT2D eigenvalue weighted by Gasteiger charge is -2.08. The number of hydrogen-bond acceptors (Lipinski definition) is 6. The Morgan fingerprint density at radius 2 is 2.03 bits per heavy atom. The van der Waals surface area contributed by atoms with E-state index < -0.39 is 28.9 Å². The molecule has 0 atom stereocenters. The highest BCUT2D eigenvalue weighted by Gasteiger charge is 2.20. The van der Waals surface area contributed by atoms with E-state index in [1.807, 2.05) is 0 Å². The predicted molar refractivity (Wildman–Crippen MR) is 99.9 cm³/mol. The number of nitrogens with one attached hydrogen (secondary N) is 1. The number of carbonyl (C=O) groups is 1. The SMILES string of the molecule is Cc1c(F)cc(C(=O)Nc2nc(-c3ccccc3OC(F)F)cs2)cc1[N+](=O)[O-]. The van der Waals surface area contributed by atoms with Crippen molar-refractivity contribution < 1.29 is 27.6 Å². The van der Waals surface area contributed by atoms with Gasteiger partial charge in [0.05, 0.1) is 16.2 Å². The first-order chi connectivity index (χ1) is 13.8. The summed E-state index contributed by atoms with van der Waals surface area (Å²) in [4.78, 5) is 26.7. The van der Waals surface area contributed by atoms with Crippen LogP contribution in [-0.4, -0.2) is 22.4 Å². The predicted octanol–water partition coefficient (Wildman–Crippen LogP) is 5.02. The fourth-order valence-corrected chi connectivity index (χ4v) is 3.19. The smallest absolute Gasteiger partial charge is 0.387 e. The molecule has 1 amide bonds. The summed E-state index contributed by atoms with van der Waals surface area (Å²) in [6.45, 7) is -1.78. The zero-order valence-electron chi connectivity index (χ0n) is 14.7. The van der Waals surface area contributed by atoms with Crippen LogP contribution < -0.4 is 10.1 Å². The Hall–Kier alpha value is -3.47. The van der Waals surface area contributed by atoms with Crippen LogP contribution in [0.5, 0.6) is 5.75 Å². The highest BCUT2D eigenvalue weighted by Crippen LogP contribution is 2.33. The molecule has 3 aromatic rings. The standard InChI is InChI=1S/C18H12F3N3O4S/c1-9-12(19)6-10(7-14(9)24(26)27)16(25)23-18-22-13(8-29-18)11-4-2-3-5-15(11)28-17(20)21/h2-8,17H,1H3,(H,22,23,25). The number of benzene rings is 2. The largest absolute Gasteiger partial charge is 0.434 e. The van der Waals surface area contributed by atoms with Crippen molar-refractivity contribution in [3.8, 4) is 17.0 Å². The summed E-state index contributed by atoms with van der Waals surface area (Å²) in [6, 6.07) is 7.87. The van der Waals surface area contributed by atoms with Crippen LogP contribution in [0.15, 0.2) is 41.8 Å². The number of nitro benzene ring substituents is 1. The number of aromatic nitrogens is 1. The second kappa shape index (κ2) is 8.27. The fraction of sp³-hybridized carbons (Fsp3) is 0.111.